The molecule has 26 heavy (non-hydrogen) atoms. The van der Waals surface area contributed by atoms with E-state index in [2.05, 4.69) is 30.5 Å². The molecule has 0 radical (unpaired) electrons. The van der Waals surface area contributed by atoms with E-state index < -0.39 is 0 Å². The molecule has 0 aliphatic rings. The van der Waals surface area contributed by atoms with Crippen molar-refractivity contribution in [2.24, 2.45) is 0 Å². The maximum Gasteiger partial charge on any atom is 0.261 e. The van der Waals surface area contributed by atoms with Gasteiger partial charge in [-0.25, -0.2) is 0 Å². The first-order valence-corrected chi connectivity index (χ1v) is 8.84. The van der Waals surface area contributed by atoms with E-state index in [9.17, 15) is 4.79 Å². The van der Waals surface area contributed by atoms with E-state index in [0.29, 0.717) is 23.0 Å². The number of rotatable bonds is 6. The first kappa shape index (κ1) is 19.7. The van der Waals surface area contributed by atoms with E-state index in [1.165, 1.54) is 7.11 Å². The molecule has 0 spiro atoms. The highest BCUT2D eigenvalue weighted by Gasteiger charge is 2.16. The number of benzene rings is 2. The Kier molecular flexibility index (Phi) is 6.97. The van der Waals surface area contributed by atoms with Gasteiger partial charge in [0.15, 0.2) is 5.11 Å². The monoisotopic (exact) mass is 372 g/mol. The Bertz CT molecular complexity index is 792. The Morgan fingerprint density at radius 2 is 1.88 bits per heavy atom. The third kappa shape index (κ3) is 4.73. The largest absolute Gasteiger partial charge is 0.497 e. The van der Waals surface area contributed by atoms with Crippen LogP contribution in [0.4, 0.5) is 5.69 Å². The predicted octanol–water partition coefficient (Wildman–Crippen LogP) is 4.34. The fraction of sp³-hybridized carbons (Fsp3) is 0.300. The van der Waals surface area contributed by atoms with Gasteiger partial charge in [0.25, 0.3) is 5.91 Å². The molecule has 0 aromatic heterocycles. The van der Waals surface area contributed by atoms with Crippen molar-refractivity contribution in [2.45, 2.75) is 26.2 Å². The number of para-hydroxylation sites is 1. The minimum atomic E-state index is -0.344. The molecule has 2 aromatic rings. The molecule has 0 aliphatic carbocycles. The van der Waals surface area contributed by atoms with Crippen LogP contribution in [0, 0.1) is 0 Å². The van der Waals surface area contributed by atoms with E-state index in [0.717, 1.165) is 17.7 Å². The summed E-state index contributed by atoms with van der Waals surface area (Å²) >= 11 is 5.31. The molecular formula is C20H24N2O3S. The molecule has 6 heteroatoms. The number of hydrogen-bond donors (Lipinski definition) is 2. The number of ether oxygens (including phenoxy) is 2. The molecule has 138 valence electrons. The van der Waals surface area contributed by atoms with Gasteiger partial charge in [0.2, 0.25) is 0 Å². The Labute approximate surface area is 159 Å². The van der Waals surface area contributed by atoms with Crippen LogP contribution in [0.2, 0.25) is 0 Å². The van der Waals surface area contributed by atoms with Gasteiger partial charge in [-0.05, 0) is 48.3 Å². The number of carbonyl (C=O) groups is 1. The maximum atomic E-state index is 12.5. The molecular weight excluding hydrogens is 348 g/mol. The number of methoxy groups -OCH3 is 2. The average molecular weight is 372 g/mol. The quantitative estimate of drug-likeness (QED) is 0.739. The lowest BCUT2D eigenvalue weighted by molar-refractivity contribution is 0.0974. The highest BCUT2D eigenvalue weighted by atomic mass is 32.1. The minimum Gasteiger partial charge on any atom is -0.497 e. The third-order valence-corrected chi connectivity index (χ3v) is 4.44. The van der Waals surface area contributed by atoms with Gasteiger partial charge in [-0.15, -0.1) is 0 Å². The van der Waals surface area contributed by atoms with Gasteiger partial charge in [0.05, 0.1) is 19.8 Å². The summed E-state index contributed by atoms with van der Waals surface area (Å²) in [6.07, 6.45) is 1.01. The van der Waals surface area contributed by atoms with E-state index in [-0.39, 0.29) is 11.0 Å². The lowest BCUT2D eigenvalue weighted by atomic mass is 9.97. The summed E-state index contributed by atoms with van der Waals surface area (Å²) < 4.78 is 10.4. The minimum absolute atomic E-state index is 0.239. The van der Waals surface area contributed by atoms with E-state index >= 15 is 0 Å². The van der Waals surface area contributed by atoms with Crippen LogP contribution in [0.25, 0.3) is 0 Å². The molecule has 0 bridgehead atoms. The number of nitrogens with one attached hydrogen (secondary N) is 2. The Hall–Kier alpha value is -2.60. The molecule has 0 aliphatic heterocycles. The molecule has 2 rings (SSSR count). The fourth-order valence-corrected chi connectivity index (χ4v) is 2.77. The van der Waals surface area contributed by atoms with E-state index in [1.807, 2.05) is 18.2 Å². The van der Waals surface area contributed by atoms with Gasteiger partial charge in [-0.2, -0.15) is 0 Å². The molecule has 1 atom stereocenters. The molecule has 5 nitrogen and oxygen atoms in total. The molecule has 0 unspecified atom stereocenters. The zero-order valence-corrected chi connectivity index (χ0v) is 16.3. The zero-order valence-electron chi connectivity index (χ0n) is 15.5. The summed E-state index contributed by atoms with van der Waals surface area (Å²) in [4.78, 5) is 12.5. The van der Waals surface area contributed by atoms with Crippen LogP contribution in [0.15, 0.2) is 42.5 Å². The Balaban J connectivity index is 2.13. The topological polar surface area (TPSA) is 59.6 Å². The molecule has 1 amide bonds. The van der Waals surface area contributed by atoms with Crippen molar-refractivity contribution >= 4 is 28.9 Å². The summed E-state index contributed by atoms with van der Waals surface area (Å²) in [6.45, 7) is 4.29. The summed E-state index contributed by atoms with van der Waals surface area (Å²) in [6, 6.07) is 12.9. The zero-order chi connectivity index (χ0) is 19.1. The average Bonchev–Trinajstić information content (AvgIpc) is 2.66. The smallest absolute Gasteiger partial charge is 0.261 e. The van der Waals surface area contributed by atoms with Gasteiger partial charge in [-0.3, -0.25) is 10.1 Å². The van der Waals surface area contributed by atoms with E-state index in [1.54, 1.807) is 25.3 Å². The number of hydrogen-bond acceptors (Lipinski definition) is 4. The van der Waals surface area contributed by atoms with Crippen molar-refractivity contribution in [3.05, 3.63) is 53.6 Å². The maximum absolute atomic E-state index is 12.5. The van der Waals surface area contributed by atoms with Crippen molar-refractivity contribution in [2.75, 3.05) is 19.5 Å². The number of anilines is 1. The van der Waals surface area contributed by atoms with Gasteiger partial charge in [0.1, 0.15) is 11.5 Å². The van der Waals surface area contributed by atoms with Crippen LogP contribution in [-0.2, 0) is 0 Å². The van der Waals surface area contributed by atoms with Crippen LogP contribution in [0.5, 0.6) is 11.5 Å². The van der Waals surface area contributed by atoms with Crippen LogP contribution in [0.3, 0.4) is 0 Å². The predicted molar refractivity (Wildman–Crippen MR) is 108 cm³/mol. The van der Waals surface area contributed by atoms with Crippen molar-refractivity contribution in [1.29, 1.82) is 0 Å². The van der Waals surface area contributed by atoms with Gasteiger partial charge >= 0.3 is 0 Å². The normalized spacial score (nSPS) is 11.4. The van der Waals surface area contributed by atoms with Crippen LogP contribution in [-0.4, -0.2) is 25.2 Å². The van der Waals surface area contributed by atoms with Crippen molar-refractivity contribution < 1.29 is 14.3 Å². The number of carbonyl (C=O) groups excluding carboxylic acids is 1. The molecule has 2 aromatic carbocycles. The lowest BCUT2D eigenvalue weighted by Crippen LogP contribution is -2.34. The number of thiocarbonyl (C=S) groups is 1. The Morgan fingerprint density at radius 3 is 2.54 bits per heavy atom. The highest BCUT2D eigenvalue weighted by Crippen LogP contribution is 2.27. The van der Waals surface area contributed by atoms with Crippen LogP contribution in [0.1, 0.15) is 42.1 Å². The molecule has 2 N–H and O–H groups in total. The molecule has 0 heterocycles. The third-order valence-electron chi connectivity index (χ3n) is 4.23. The molecule has 0 fully saturated rings. The first-order valence-electron chi connectivity index (χ1n) is 8.43. The molecule has 0 saturated carbocycles. The summed E-state index contributed by atoms with van der Waals surface area (Å²) in [5.74, 6) is 1.08. The SMILES string of the molecule is CC[C@@H](C)c1ccccc1NC(=S)NC(=O)c1ccc(OC)cc1OC. The second-order valence-electron chi connectivity index (χ2n) is 5.87. The van der Waals surface area contributed by atoms with Crippen molar-refractivity contribution in [3.8, 4) is 11.5 Å². The van der Waals surface area contributed by atoms with Crippen LogP contribution < -0.4 is 20.1 Å². The van der Waals surface area contributed by atoms with Gasteiger partial charge < -0.3 is 14.8 Å². The van der Waals surface area contributed by atoms with E-state index in [4.69, 9.17) is 21.7 Å². The Morgan fingerprint density at radius 1 is 1.15 bits per heavy atom. The second kappa shape index (κ2) is 9.20. The van der Waals surface area contributed by atoms with Crippen molar-refractivity contribution in [1.82, 2.24) is 5.32 Å². The standard InChI is InChI=1S/C20H24N2O3S/c1-5-13(2)15-8-6-7-9-17(15)21-20(26)22-19(23)16-11-10-14(24-3)12-18(16)25-4/h6-13H,5H2,1-4H3,(H2,21,22,23,26)/t13-/m1/s1. The fourth-order valence-electron chi connectivity index (χ4n) is 2.57. The second-order valence-corrected chi connectivity index (χ2v) is 6.28. The van der Waals surface area contributed by atoms with Gasteiger partial charge in [0, 0.05) is 11.8 Å². The highest BCUT2D eigenvalue weighted by molar-refractivity contribution is 7.80. The summed E-state index contributed by atoms with van der Waals surface area (Å²) in [7, 11) is 3.06. The lowest BCUT2D eigenvalue weighted by Gasteiger charge is -2.17. The van der Waals surface area contributed by atoms with Crippen molar-refractivity contribution in [3.63, 3.8) is 0 Å². The number of amides is 1. The molecule has 0 saturated heterocycles. The summed E-state index contributed by atoms with van der Waals surface area (Å²) in [5.41, 5.74) is 2.44. The van der Waals surface area contributed by atoms with Gasteiger partial charge in [-0.1, -0.05) is 32.0 Å². The van der Waals surface area contributed by atoms with Crippen LogP contribution >= 0.6 is 12.2 Å². The summed E-state index contributed by atoms with van der Waals surface area (Å²) in [5, 5.41) is 6.06. The first-order chi connectivity index (χ1) is 12.5.